The molecule has 2 unspecified atom stereocenters. The fourth-order valence-electron chi connectivity index (χ4n) is 1.61. The molecule has 1 aromatic carbocycles. The molecule has 1 aromatic rings. The summed E-state index contributed by atoms with van der Waals surface area (Å²) in [6, 6.07) is 4.50. The lowest BCUT2D eigenvalue weighted by atomic mass is 10.2. The quantitative estimate of drug-likeness (QED) is 0.254. The third-order valence-electron chi connectivity index (χ3n) is 2.70. The Kier molecular flexibility index (Phi) is 6.82. The second-order valence-electron chi connectivity index (χ2n) is 4.39. The predicted molar refractivity (Wildman–Crippen MR) is 76.3 cm³/mol. The largest absolute Gasteiger partial charge is 0.394 e. The number of para-hydroxylation sites is 1. The van der Waals surface area contributed by atoms with Crippen LogP contribution in [0.3, 0.4) is 0 Å². The second-order valence-corrected chi connectivity index (χ2v) is 4.39. The molecule has 0 aliphatic rings. The average Bonchev–Trinajstić information content (AvgIpc) is 2.49. The minimum Gasteiger partial charge on any atom is -0.394 e. The first-order chi connectivity index (χ1) is 9.99. The van der Waals surface area contributed by atoms with Gasteiger partial charge in [-0.15, -0.1) is 0 Å². The van der Waals surface area contributed by atoms with Crippen molar-refractivity contribution in [2.75, 3.05) is 36.9 Å². The molecule has 9 heteroatoms. The molecule has 0 radical (unpaired) electrons. The molecule has 0 saturated heterocycles. The highest BCUT2D eigenvalue weighted by Gasteiger charge is 2.20. The van der Waals surface area contributed by atoms with Crippen LogP contribution in [0, 0.1) is 10.1 Å². The van der Waals surface area contributed by atoms with E-state index in [4.69, 9.17) is 10.2 Å². The van der Waals surface area contributed by atoms with Crippen molar-refractivity contribution in [3.8, 4) is 0 Å². The highest BCUT2D eigenvalue weighted by Crippen LogP contribution is 2.32. The second kappa shape index (κ2) is 8.37. The van der Waals surface area contributed by atoms with E-state index in [2.05, 4.69) is 10.6 Å². The van der Waals surface area contributed by atoms with Gasteiger partial charge in [0.1, 0.15) is 11.4 Å². The average molecular weight is 301 g/mol. The van der Waals surface area contributed by atoms with Gasteiger partial charge in [-0.05, 0) is 12.1 Å². The molecule has 1 rings (SSSR count). The van der Waals surface area contributed by atoms with E-state index in [9.17, 15) is 20.3 Å². The summed E-state index contributed by atoms with van der Waals surface area (Å²) in [5.74, 6) is 0. The normalized spacial score (nSPS) is 13.5. The number of anilines is 2. The van der Waals surface area contributed by atoms with E-state index in [-0.39, 0.29) is 30.2 Å². The van der Waals surface area contributed by atoms with Gasteiger partial charge in [0.2, 0.25) is 0 Å². The standard InChI is InChI=1S/C12H19N3O6/c16-6-8(18)4-13-10-2-1-3-11(12(10)15(20)21)14-5-9(19)7-17/h1-3,8-9,13-14,16-19H,4-7H2. The van der Waals surface area contributed by atoms with Crippen LogP contribution < -0.4 is 10.6 Å². The maximum absolute atomic E-state index is 11.2. The number of nitrogens with one attached hydrogen (secondary N) is 2. The maximum atomic E-state index is 11.2. The Morgan fingerprint density at radius 1 is 1.05 bits per heavy atom. The molecule has 118 valence electrons. The minimum atomic E-state index is -1.03. The Hall–Kier alpha value is -1.94. The van der Waals surface area contributed by atoms with Gasteiger partial charge >= 0.3 is 5.69 Å². The molecule has 0 heterocycles. The molecule has 9 nitrogen and oxygen atoms in total. The van der Waals surface area contributed by atoms with Crippen molar-refractivity contribution in [2.45, 2.75) is 12.2 Å². The number of rotatable bonds is 9. The van der Waals surface area contributed by atoms with Crippen LogP contribution in [-0.2, 0) is 0 Å². The van der Waals surface area contributed by atoms with Crippen LogP contribution in [0.4, 0.5) is 17.1 Å². The molecule has 0 spiro atoms. The van der Waals surface area contributed by atoms with Gasteiger partial charge in [0.15, 0.2) is 0 Å². The molecule has 0 fully saturated rings. The number of aliphatic hydroxyl groups is 4. The summed E-state index contributed by atoms with van der Waals surface area (Å²) in [4.78, 5) is 10.6. The minimum absolute atomic E-state index is 0.0416. The summed E-state index contributed by atoms with van der Waals surface area (Å²) >= 11 is 0. The van der Waals surface area contributed by atoms with E-state index in [0.717, 1.165) is 0 Å². The van der Waals surface area contributed by atoms with E-state index >= 15 is 0 Å². The maximum Gasteiger partial charge on any atom is 0.315 e. The molecule has 21 heavy (non-hydrogen) atoms. The highest BCUT2D eigenvalue weighted by molar-refractivity contribution is 5.76. The molecule has 0 aromatic heterocycles. The first kappa shape index (κ1) is 17.1. The fourth-order valence-corrected chi connectivity index (χ4v) is 1.61. The number of benzene rings is 1. The molecular weight excluding hydrogens is 282 g/mol. The number of nitro benzene ring substituents is 1. The number of hydrogen-bond donors (Lipinski definition) is 6. The third-order valence-corrected chi connectivity index (χ3v) is 2.70. The van der Waals surface area contributed by atoms with Crippen LogP contribution in [0.15, 0.2) is 18.2 Å². The summed E-state index contributed by atoms with van der Waals surface area (Å²) < 4.78 is 0. The van der Waals surface area contributed by atoms with Crippen LogP contribution in [0.25, 0.3) is 0 Å². The van der Waals surface area contributed by atoms with Crippen LogP contribution >= 0.6 is 0 Å². The first-order valence-corrected chi connectivity index (χ1v) is 6.32. The van der Waals surface area contributed by atoms with Crippen molar-refractivity contribution in [2.24, 2.45) is 0 Å². The van der Waals surface area contributed by atoms with Crippen molar-refractivity contribution in [1.82, 2.24) is 0 Å². The summed E-state index contributed by atoms with van der Waals surface area (Å²) in [5, 5.41) is 52.5. The van der Waals surface area contributed by atoms with E-state index < -0.39 is 30.3 Å². The van der Waals surface area contributed by atoms with Crippen LogP contribution in [0.5, 0.6) is 0 Å². The van der Waals surface area contributed by atoms with Crippen molar-refractivity contribution in [3.63, 3.8) is 0 Å². The van der Waals surface area contributed by atoms with E-state index in [0.29, 0.717) is 0 Å². The Labute approximate surface area is 121 Å². The number of hydrogen-bond acceptors (Lipinski definition) is 8. The zero-order valence-electron chi connectivity index (χ0n) is 11.3. The van der Waals surface area contributed by atoms with Gasteiger partial charge in [-0.3, -0.25) is 10.1 Å². The lowest BCUT2D eigenvalue weighted by molar-refractivity contribution is -0.383. The van der Waals surface area contributed by atoms with E-state index in [1.54, 1.807) is 6.07 Å². The van der Waals surface area contributed by atoms with Crippen LogP contribution in [-0.4, -0.2) is 63.9 Å². The van der Waals surface area contributed by atoms with Gasteiger partial charge in [-0.2, -0.15) is 0 Å². The van der Waals surface area contributed by atoms with Gasteiger partial charge in [0.25, 0.3) is 0 Å². The molecule has 0 bridgehead atoms. The molecule has 0 aliphatic heterocycles. The van der Waals surface area contributed by atoms with Crippen molar-refractivity contribution in [1.29, 1.82) is 0 Å². The number of nitro groups is 1. The molecule has 2 atom stereocenters. The van der Waals surface area contributed by atoms with Gasteiger partial charge in [0, 0.05) is 13.1 Å². The fraction of sp³-hybridized carbons (Fsp3) is 0.500. The smallest absolute Gasteiger partial charge is 0.315 e. The Morgan fingerprint density at radius 3 is 1.81 bits per heavy atom. The summed E-state index contributed by atoms with van der Waals surface area (Å²) in [5.41, 5.74) is 0.111. The van der Waals surface area contributed by atoms with Gasteiger partial charge in [0.05, 0.1) is 30.3 Å². The topological polar surface area (TPSA) is 148 Å². The summed E-state index contributed by atoms with van der Waals surface area (Å²) in [6.07, 6.45) is -2.06. The molecule has 6 N–H and O–H groups in total. The lowest BCUT2D eigenvalue weighted by Crippen LogP contribution is -2.24. The van der Waals surface area contributed by atoms with Crippen molar-refractivity contribution >= 4 is 17.1 Å². The molecule has 0 amide bonds. The first-order valence-electron chi connectivity index (χ1n) is 6.32. The SMILES string of the molecule is O=[N+]([O-])c1c(NCC(O)CO)cccc1NCC(O)CO. The Bertz CT molecular complexity index is 438. The monoisotopic (exact) mass is 301 g/mol. The zero-order chi connectivity index (χ0) is 15.8. The summed E-state index contributed by atoms with van der Waals surface area (Å²) in [6.45, 7) is -0.997. The highest BCUT2D eigenvalue weighted by atomic mass is 16.6. The zero-order valence-corrected chi connectivity index (χ0v) is 11.3. The van der Waals surface area contributed by atoms with E-state index in [1.807, 2.05) is 0 Å². The number of aliphatic hydroxyl groups excluding tert-OH is 4. The van der Waals surface area contributed by atoms with E-state index in [1.165, 1.54) is 12.1 Å². The van der Waals surface area contributed by atoms with Gasteiger partial charge < -0.3 is 31.1 Å². The molecule has 0 aliphatic carbocycles. The third kappa shape index (κ3) is 5.16. The Morgan fingerprint density at radius 2 is 1.48 bits per heavy atom. The van der Waals surface area contributed by atoms with Crippen molar-refractivity contribution < 1.29 is 25.3 Å². The van der Waals surface area contributed by atoms with Crippen molar-refractivity contribution in [3.05, 3.63) is 28.3 Å². The molecular formula is C12H19N3O6. The summed E-state index contributed by atoms with van der Waals surface area (Å²) in [7, 11) is 0. The lowest BCUT2D eigenvalue weighted by Gasteiger charge is -2.14. The van der Waals surface area contributed by atoms with Crippen LogP contribution in [0.1, 0.15) is 0 Å². The van der Waals surface area contributed by atoms with Gasteiger partial charge in [-0.25, -0.2) is 0 Å². The molecule has 0 saturated carbocycles. The predicted octanol–water partition coefficient (Wildman–Crippen LogP) is -0.875. The van der Waals surface area contributed by atoms with Gasteiger partial charge in [-0.1, -0.05) is 6.07 Å². The van der Waals surface area contributed by atoms with Crippen LogP contribution in [0.2, 0.25) is 0 Å². The Balaban J connectivity index is 2.90. The number of nitrogens with zero attached hydrogens (tertiary/aromatic N) is 1.